The summed E-state index contributed by atoms with van der Waals surface area (Å²) in [5.41, 5.74) is 9.36. The summed E-state index contributed by atoms with van der Waals surface area (Å²) in [4.78, 5) is 4.43. The van der Waals surface area contributed by atoms with Crippen LogP contribution in [0.25, 0.3) is 0 Å². The summed E-state index contributed by atoms with van der Waals surface area (Å²) in [6, 6.07) is 23.8. The lowest BCUT2D eigenvalue weighted by atomic mass is 10.0. The number of pyridine rings is 1. The Hall–Kier alpha value is -2.65. The number of anilines is 2. The van der Waals surface area contributed by atoms with Gasteiger partial charge in [-0.1, -0.05) is 54.6 Å². The largest absolute Gasteiger partial charge is 0.340 e. The Kier molecular flexibility index (Phi) is 3.94. The van der Waals surface area contributed by atoms with E-state index in [9.17, 15) is 0 Å². The highest BCUT2D eigenvalue weighted by molar-refractivity contribution is 5.55. The third-order valence-corrected chi connectivity index (χ3v) is 3.35. The van der Waals surface area contributed by atoms with E-state index in [0.717, 1.165) is 22.6 Å². The van der Waals surface area contributed by atoms with Gasteiger partial charge in [0.2, 0.25) is 0 Å². The molecule has 1 atom stereocenters. The summed E-state index contributed by atoms with van der Waals surface area (Å²) in [6.07, 6.45) is 1.82. The first kappa shape index (κ1) is 13.3. The van der Waals surface area contributed by atoms with Gasteiger partial charge in [0.05, 0.1) is 6.04 Å². The summed E-state index contributed by atoms with van der Waals surface area (Å²) in [5, 5.41) is 3.26. The second-order valence-electron chi connectivity index (χ2n) is 4.86. The molecule has 104 valence electrons. The minimum atomic E-state index is -0.149. The molecule has 0 amide bonds. The van der Waals surface area contributed by atoms with E-state index in [2.05, 4.69) is 10.3 Å². The van der Waals surface area contributed by atoms with Crippen molar-refractivity contribution >= 4 is 11.5 Å². The van der Waals surface area contributed by atoms with Gasteiger partial charge in [-0.3, -0.25) is 0 Å². The lowest BCUT2D eigenvalue weighted by Crippen LogP contribution is -2.12. The average Bonchev–Trinajstić information content (AvgIpc) is 2.57. The second kappa shape index (κ2) is 6.20. The normalized spacial score (nSPS) is 11.9. The van der Waals surface area contributed by atoms with E-state index in [0.29, 0.717) is 0 Å². The third-order valence-electron chi connectivity index (χ3n) is 3.35. The molecule has 0 spiro atoms. The molecule has 1 unspecified atom stereocenters. The zero-order valence-corrected chi connectivity index (χ0v) is 11.6. The van der Waals surface area contributed by atoms with Gasteiger partial charge < -0.3 is 11.1 Å². The third kappa shape index (κ3) is 3.27. The van der Waals surface area contributed by atoms with Crippen LogP contribution in [0, 0.1) is 0 Å². The maximum atomic E-state index is 6.26. The summed E-state index contributed by atoms with van der Waals surface area (Å²) >= 11 is 0. The van der Waals surface area contributed by atoms with Crippen LogP contribution in [0.2, 0.25) is 0 Å². The minimum Gasteiger partial charge on any atom is -0.340 e. The average molecular weight is 275 g/mol. The highest BCUT2D eigenvalue weighted by Crippen LogP contribution is 2.20. The smallest absolute Gasteiger partial charge is 0.130 e. The molecular formula is C18H17N3. The van der Waals surface area contributed by atoms with Crippen LogP contribution in [0.15, 0.2) is 79.0 Å². The molecule has 0 fully saturated rings. The van der Waals surface area contributed by atoms with E-state index < -0.39 is 0 Å². The van der Waals surface area contributed by atoms with Crippen LogP contribution in [0.4, 0.5) is 11.5 Å². The van der Waals surface area contributed by atoms with Crippen molar-refractivity contribution in [3.63, 3.8) is 0 Å². The zero-order valence-electron chi connectivity index (χ0n) is 11.6. The lowest BCUT2D eigenvalue weighted by molar-refractivity contribution is 0.864. The van der Waals surface area contributed by atoms with Crippen molar-refractivity contribution in [2.75, 3.05) is 5.32 Å². The summed E-state index contributed by atoms with van der Waals surface area (Å²) < 4.78 is 0. The van der Waals surface area contributed by atoms with Crippen molar-refractivity contribution in [2.24, 2.45) is 5.73 Å². The summed E-state index contributed by atoms with van der Waals surface area (Å²) in [6.45, 7) is 0. The molecule has 3 rings (SSSR count). The Morgan fingerprint density at radius 1 is 0.762 bits per heavy atom. The van der Waals surface area contributed by atoms with Crippen molar-refractivity contribution in [2.45, 2.75) is 6.04 Å². The summed E-state index contributed by atoms with van der Waals surface area (Å²) in [7, 11) is 0. The molecule has 21 heavy (non-hydrogen) atoms. The molecule has 1 heterocycles. The number of rotatable bonds is 4. The molecule has 0 bridgehead atoms. The van der Waals surface area contributed by atoms with Crippen LogP contribution in [-0.4, -0.2) is 4.98 Å². The second-order valence-corrected chi connectivity index (χ2v) is 4.86. The monoisotopic (exact) mass is 275 g/mol. The molecule has 0 aliphatic heterocycles. The van der Waals surface area contributed by atoms with Gasteiger partial charge in [-0.05, 0) is 29.3 Å². The van der Waals surface area contributed by atoms with Gasteiger partial charge in [0.1, 0.15) is 5.82 Å². The maximum absolute atomic E-state index is 6.26. The molecule has 0 saturated carbocycles. The van der Waals surface area contributed by atoms with Gasteiger partial charge in [0.25, 0.3) is 0 Å². The zero-order chi connectivity index (χ0) is 14.5. The number of nitrogens with two attached hydrogens (primary N) is 1. The molecule has 0 aliphatic carbocycles. The van der Waals surface area contributed by atoms with Gasteiger partial charge in [-0.25, -0.2) is 4.98 Å². The number of hydrogen-bond donors (Lipinski definition) is 2. The Morgan fingerprint density at radius 2 is 1.43 bits per heavy atom. The maximum Gasteiger partial charge on any atom is 0.130 e. The molecule has 3 aromatic rings. The van der Waals surface area contributed by atoms with Gasteiger partial charge in [0, 0.05) is 11.9 Å². The predicted octanol–water partition coefficient (Wildman–Crippen LogP) is 3.87. The minimum absolute atomic E-state index is 0.149. The quantitative estimate of drug-likeness (QED) is 0.760. The molecule has 1 aromatic heterocycles. The van der Waals surface area contributed by atoms with E-state index in [-0.39, 0.29) is 6.04 Å². The van der Waals surface area contributed by atoms with Gasteiger partial charge in [0.15, 0.2) is 0 Å². The highest BCUT2D eigenvalue weighted by atomic mass is 15.0. The number of benzene rings is 2. The van der Waals surface area contributed by atoms with Crippen LogP contribution < -0.4 is 11.1 Å². The topological polar surface area (TPSA) is 50.9 Å². The van der Waals surface area contributed by atoms with E-state index in [4.69, 9.17) is 5.73 Å². The first-order valence-electron chi connectivity index (χ1n) is 6.91. The van der Waals surface area contributed by atoms with E-state index >= 15 is 0 Å². The van der Waals surface area contributed by atoms with Crippen LogP contribution in [0.1, 0.15) is 17.2 Å². The van der Waals surface area contributed by atoms with Crippen molar-refractivity contribution in [1.82, 2.24) is 4.98 Å². The number of hydrogen-bond acceptors (Lipinski definition) is 3. The molecule has 0 radical (unpaired) electrons. The van der Waals surface area contributed by atoms with Crippen LogP contribution >= 0.6 is 0 Å². The predicted molar refractivity (Wildman–Crippen MR) is 86.4 cm³/mol. The van der Waals surface area contributed by atoms with Crippen molar-refractivity contribution in [3.8, 4) is 0 Å². The Bertz CT molecular complexity index is 679. The highest BCUT2D eigenvalue weighted by Gasteiger charge is 2.08. The SMILES string of the molecule is NC(c1ccccc1)c1ccc(Nc2ccccc2)nc1. The first-order chi connectivity index (χ1) is 10.3. The molecule has 0 aliphatic rings. The molecule has 2 aromatic carbocycles. The fourth-order valence-electron chi connectivity index (χ4n) is 2.19. The van der Waals surface area contributed by atoms with Gasteiger partial charge in [-0.2, -0.15) is 0 Å². The number of aromatic nitrogens is 1. The Labute approximate surface area is 124 Å². The van der Waals surface area contributed by atoms with Crippen molar-refractivity contribution in [3.05, 3.63) is 90.1 Å². The molecule has 0 saturated heterocycles. The molecule has 3 N–H and O–H groups in total. The summed E-state index contributed by atoms with van der Waals surface area (Å²) in [5.74, 6) is 0.810. The van der Waals surface area contributed by atoms with Crippen LogP contribution in [0.3, 0.4) is 0 Å². The Morgan fingerprint density at radius 3 is 2.05 bits per heavy atom. The molecular weight excluding hydrogens is 258 g/mol. The lowest BCUT2D eigenvalue weighted by Gasteiger charge is -2.13. The standard InChI is InChI=1S/C18H17N3/c19-18(14-7-3-1-4-8-14)15-11-12-17(20-13-15)21-16-9-5-2-6-10-16/h1-13,18H,19H2,(H,20,21). The number of nitrogens with zero attached hydrogens (tertiary/aromatic N) is 1. The van der Waals surface area contributed by atoms with Gasteiger partial charge >= 0.3 is 0 Å². The van der Waals surface area contributed by atoms with Crippen molar-refractivity contribution < 1.29 is 0 Å². The number of nitrogens with one attached hydrogen (secondary N) is 1. The van der Waals surface area contributed by atoms with E-state index in [1.807, 2.05) is 79.0 Å². The molecule has 3 heteroatoms. The number of para-hydroxylation sites is 1. The van der Waals surface area contributed by atoms with Crippen molar-refractivity contribution in [1.29, 1.82) is 0 Å². The van der Waals surface area contributed by atoms with E-state index in [1.54, 1.807) is 0 Å². The van der Waals surface area contributed by atoms with Crippen LogP contribution in [-0.2, 0) is 0 Å². The fraction of sp³-hybridized carbons (Fsp3) is 0.0556. The first-order valence-corrected chi connectivity index (χ1v) is 6.91. The van der Waals surface area contributed by atoms with E-state index in [1.165, 1.54) is 0 Å². The van der Waals surface area contributed by atoms with Gasteiger partial charge in [-0.15, -0.1) is 0 Å². The molecule has 3 nitrogen and oxygen atoms in total. The Balaban J connectivity index is 1.75. The fourth-order valence-corrected chi connectivity index (χ4v) is 2.19. The van der Waals surface area contributed by atoms with Crippen LogP contribution in [0.5, 0.6) is 0 Å².